The van der Waals surface area contributed by atoms with Crippen molar-refractivity contribution in [2.24, 2.45) is 0 Å². The van der Waals surface area contributed by atoms with Crippen LogP contribution in [0.2, 0.25) is 0 Å². The predicted molar refractivity (Wildman–Crippen MR) is 99.6 cm³/mol. The molecule has 0 aliphatic carbocycles. The molecule has 0 radical (unpaired) electrons. The molecule has 0 unspecified atom stereocenters. The summed E-state index contributed by atoms with van der Waals surface area (Å²) in [5.74, 6) is -0.116. The van der Waals surface area contributed by atoms with Gasteiger partial charge in [0, 0.05) is 37.6 Å². The molecule has 4 nitrogen and oxygen atoms in total. The summed E-state index contributed by atoms with van der Waals surface area (Å²) in [6, 6.07) is 12.7. The number of carbonyl (C=O) groups excluding carboxylic acids is 1. The summed E-state index contributed by atoms with van der Waals surface area (Å²) in [6.07, 6.45) is 0. The van der Waals surface area contributed by atoms with Gasteiger partial charge >= 0.3 is 0 Å². The number of anilines is 2. The lowest BCUT2D eigenvalue weighted by molar-refractivity contribution is -0.129. The average molecular weight is 341 g/mol. The number of carbonyl (C=O) groups is 1. The van der Waals surface area contributed by atoms with Gasteiger partial charge in [0.25, 0.3) is 0 Å². The summed E-state index contributed by atoms with van der Waals surface area (Å²) >= 11 is 0. The van der Waals surface area contributed by atoms with Gasteiger partial charge in [0.05, 0.1) is 6.54 Å². The maximum Gasteiger partial charge on any atom is 0.241 e. The van der Waals surface area contributed by atoms with Crippen LogP contribution in [0.4, 0.5) is 15.8 Å². The van der Waals surface area contributed by atoms with Crippen LogP contribution < -0.4 is 10.2 Å². The van der Waals surface area contributed by atoms with Crippen LogP contribution in [-0.4, -0.2) is 43.5 Å². The lowest BCUT2D eigenvalue weighted by Crippen LogP contribution is -2.50. The van der Waals surface area contributed by atoms with Gasteiger partial charge in [-0.25, -0.2) is 4.39 Å². The molecule has 0 bridgehead atoms. The van der Waals surface area contributed by atoms with Gasteiger partial charge in [0.2, 0.25) is 5.91 Å². The molecular weight excluding hydrogens is 317 g/mol. The lowest BCUT2D eigenvalue weighted by Gasteiger charge is -2.36. The number of rotatable bonds is 4. The van der Waals surface area contributed by atoms with Crippen molar-refractivity contribution in [3.63, 3.8) is 0 Å². The summed E-state index contributed by atoms with van der Waals surface area (Å²) in [5.41, 5.74) is 4.33. The van der Waals surface area contributed by atoms with Gasteiger partial charge in [-0.15, -0.1) is 0 Å². The van der Waals surface area contributed by atoms with Crippen molar-refractivity contribution < 1.29 is 9.18 Å². The van der Waals surface area contributed by atoms with E-state index in [0.717, 1.165) is 30.0 Å². The van der Waals surface area contributed by atoms with Gasteiger partial charge in [-0.3, -0.25) is 4.79 Å². The number of aryl methyl sites for hydroxylation is 2. The van der Waals surface area contributed by atoms with Gasteiger partial charge in [0.1, 0.15) is 5.82 Å². The molecule has 0 aromatic heterocycles. The molecule has 1 aliphatic heterocycles. The molecule has 0 spiro atoms. The maximum atomic E-state index is 13.0. The molecule has 1 saturated heterocycles. The fraction of sp³-hybridized carbons (Fsp3) is 0.350. The minimum atomic E-state index is -0.227. The first-order valence-corrected chi connectivity index (χ1v) is 8.62. The zero-order valence-electron chi connectivity index (χ0n) is 14.8. The third kappa shape index (κ3) is 4.29. The van der Waals surface area contributed by atoms with Crippen molar-refractivity contribution in [1.29, 1.82) is 0 Å². The van der Waals surface area contributed by atoms with Crippen LogP contribution in [0.1, 0.15) is 11.1 Å². The zero-order chi connectivity index (χ0) is 17.8. The molecule has 1 aliphatic rings. The van der Waals surface area contributed by atoms with E-state index in [-0.39, 0.29) is 11.7 Å². The van der Waals surface area contributed by atoms with E-state index in [4.69, 9.17) is 0 Å². The van der Waals surface area contributed by atoms with Crippen molar-refractivity contribution in [3.05, 3.63) is 59.4 Å². The van der Waals surface area contributed by atoms with Gasteiger partial charge in [-0.05, 0) is 55.3 Å². The highest BCUT2D eigenvalue weighted by Crippen LogP contribution is 2.18. The van der Waals surface area contributed by atoms with Gasteiger partial charge in [-0.1, -0.05) is 12.1 Å². The largest absolute Gasteiger partial charge is 0.376 e. The minimum absolute atomic E-state index is 0.111. The Hall–Kier alpha value is -2.56. The third-order valence-corrected chi connectivity index (χ3v) is 4.65. The number of amides is 1. The molecule has 1 amide bonds. The highest BCUT2D eigenvalue weighted by atomic mass is 19.1. The molecule has 132 valence electrons. The minimum Gasteiger partial charge on any atom is -0.376 e. The standard InChI is InChI=1S/C20H24FN3O/c1-15-3-4-16(2)19(13-15)22-14-20(25)24-11-9-23(10-12-24)18-7-5-17(21)6-8-18/h3-8,13,22H,9-12,14H2,1-2H3. The van der Waals surface area contributed by atoms with Crippen molar-refractivity contribution >= 4 is 17.3 Å². The monoisotopic (exact) mass is 341 g/mol. The van der Waals surface area contributed by atoms with Crippen LogP contribution in [0.15, 0.2) is 42.5 Å². The van der Waals surface area contributed by atoms with E-state index < -0.39 is 0 Å². The first kappa shape index (κ1) is 17.3. The molecule has 5 heteroatoms. The molecule has 25 heavy (non-hydrogen) atoms. The highest BCUT2D eigenvalue weighted by Gasteiger charge is 2.21. The van der Waals surface area contributed by atoms with E-state index in [1.165, 1.54) is 17.7 Å². The first-order valence-electron chi connectivity index (χ1n) is 8.62. The zero-order valence-corrected chi connectivity index (χ0v) is 14.8. The summed E-state index contributed by atoms with van der Waals surface area (Å²) in [4.78, 5) is 16.5. The summed E-state index contributed by atoms with van der Waals surface area (Å²) in [7, 11) is 0. The van der Waals surface area contributed by atoms with E-state index in [2.05, 4.69) is 28.4 Å². The van der Waals surface area contributed by atoms with Crippen molar-refractivity contribution in [1.82, 2.24) is 4.90 Å². The van der Waals surface area contributed by atoms with Gasteiger partial charge in [-0.2, -0.15) is 0 Å². The van der Waals surface area contributed by atoms with E-state index in [1.54, 1.807) is 12.1 Å². The van der Waals surface area contributed by atoms with E-state index in [0.29, 0.717) is 19.6 Å². The van der Waals surface area contributed by atoms with Gasteiger partial charge < -0.3 is 15.1 Å². The Bertz CT molecular complexity index is 737. The Morgan fingerprint density at radius 1 is 1.04 bits per heavy atom. The second kappa shape index (κ2) is 7.55. The normalized spacial score (nSPS) is 14.5. The first-order chi connectivity index (χ1) is 12.0. The Morgan fingerprint density at radius 2 is 1.72 bits per heavy atom. The maximum absolute atomic E-state index is 13.0. The quantitative estimate of drug-likeness (QED) is 0.928. The molecule has 2 aromatic rings. The van der Waals surface area contributed by atoms with Crippen LogP contribution in [0.3, 0.4) is 0 Å². The van der Waals surface area contributed by atoms with E-state index >= 15 is 0 Å². The molecule has 0 atom stereocenters. The van der Waals surface area contributed by atoms with Crippen LogP contribution in [0, 0.1) is 19.7 Å². The Balaban J connectivity index is 1.51. The number of hydrogen-bond acceptors (Lipinski definition) is 3. The van der Waals surface area contributed by atoms with E-state index in [9.17, 15) is 9.18 Å². The third-order valence-electron chi connectivity index (χ3n) is 4.65. The average Bonchev–Trinajstić information content (AvgIpc) is 2.63. The lowest BCUT2D eigenvalue weighted by atomic mass is 10.1. The summed E-state index contributed by atoms with van der Waals surface area (Å²) in [6.45, 7) is 7.28. The second-order valence-corrected chi connectivity index (χ2v) is 6.52. The Morgan fingerprint density at radius 3 is 2.40 bits per heavy atom. The van der Waals surface area contributed by atoms with Crippen molar-refractivity contribution in [2.75, 3.05) is 42.9 Å². The Labute approximate surface area is 148 Å². The van der Waals surface area contributed by atoms with Gasteiger partial charge in [0.15, 0.2) is 0 Å². The van der Waals surface area contributed by atoms with Crippen molar-refractivity contribution in [2.45, 2.75) is 13.8 Å². The number of piperazine rings is 1. The fourth-order valence-corrected chi connectivity index (χ4v) is 3.07. The molecule has 0 saturated carbocycles. The smallest absolute Gasteiger partial charge is 0.241 e. The fourth-order valence-electron chi connectivity index (χ4n) is 3.07. The van der Waals surface area contributed by atoms with Crippen LogP contribution in [0.5, 0.6) is 0 Å². The van der Waals surface area contributed by atoms with Crippen LogP contribution in [-0.2, 0) is 4.79 Å². The number of nitrogens with one attached hydrogen (secondary N) is 1. The molecule has 1 heterocycles. The number of benzene rings is 2. The molecule has 2 aromatic carbocycles. The van der Waals surface area contributed by atoms with Crippen LogP contribution in [0.25, 0.3) is 0 Å². The highest BCUT2D eigenvalue weighted by molar-refractivity contribution is 5.81. The number of nitrogens with zero attached hydrogens (tertiary/aromatic N) is 2. The van der Waals surface area contributed by atoms with E-state index in [1.807, 2.05) is 18.7 Å². The Kier molecular flexibility index (Phi) is 5.22. The topological polar surface area (TPSA) is 35.6 Å². The summed E-state index contributed by atoms with van der Waals surface area (Å²) < 4.78 is 13.0. The SMILES string of the molecule is Cc1ccc(C)c(NCC(=O)N2CCN(c3ccc(F)cc3)CC2)c1. The second-order valence-electron chi connectivity index (χ2n) is 6.52. The molecule has 3 rings (SSSR count). The molecular formula is C20H24FN3O. The number of hydrogen-bond donors (Lipinski definition) is 1. The van der Waals surface area contributed by atoms with Crippen LogP contribution >= 0.6 is 0 Å². The molecule has 1 fully saturated rings. The summed E-state index contributed by atoms with van der Waals surface area (Å²) in [5, 5.41) is 3.25. The predicted octanol–water partition coefficient (Wildman–Crippen LogP) is 3.20. The van der Waals surface area contributed by atoms with Crippen molar-refractivity contribution in [3.8, 4) is 0 Å². The molecule has 1 N–H and O–H groups in total. The number of halogens is 1.